The number of halogens is 1. The molecule has 0 saturated heterocycles. The first kappa shape index (κ1) is 9.95. The summed E-state index contributed by atoms with van der Waals surface area (Å²) < 4.78 is 0. The molecule has 0 radical (unpaired) electrons. The summed E-state index contributed by atoms with van der Waals surface area (Å²) in [7, 11) is 0. The minimum atomic E-state index is 0.231. The zero-order valence-electron chi connectivity index (χ0n) is 7.07. The van der Waals surface area contributed by atoms with Crippen molar-refractivity contribution in [3.8, 4) is 0 Å². The van der Waals surface area contributed by atoms with Crippen LogP contribution in [0.3, 0.4) is 0 Å². The van der Waals surface area contributed by atoms with Crippen molar-refractivity contribution in [2.24, 2.45) is 5.73 Å². The van der Waals surface area contributed by atoms with Crippen molar-refractivity contribution in [2.75, 3.05) is 12.3 Å². The third-order valence-electron chi connectivity index (χ3n) is 1.40. The fraction of sp³-hybridized carbons (Fsp3) is 0.250. The number of anilines is 1. The Hall–Kier alpha value is -1.13. The summed E-state index contributed by atoms with van der Waals surface area (Å²) in [5, 5.41) is 0.231. The second kappa shape index (κ2) is 4.79. The lowest BCUT2D eigenvalue weighted by Crippen LogP contribution is -1.96. The third kappa shape index (κ3) is 3.01. The molecule has 1 heterocycles. The van der Waals surface area contributed by atoms with Crippen LogP contribution in [-0.2, 0) is 0 Å². The molecule has 0 aliphatic heterocycles. The van der Waals surface area contributed by atoms with E-state index >= 15 is 0 Å². The van der Waals surface area contributed by atoms with Crippen LogP contribution in [-0.4, -0.2) is 16.5 Å². The minimum absolute atomic E-state index is 0.231. The van der Waals surface area contributed by atoms with Gasteiger partial charge in [-0.1, -0.05) is 17.7 Å². The van der Waals surface area contributed by atoms with Crippen molar-refractivity contribution in [3.63, 3.8) is 0 Å². The van der Waals surface area contributed by atoms with Crippen LogP contribution in [0.1, 0.15) is 12.1 Å². The highest BCUT2D eigenvalue weighted by Gasteiger charge is 1.97. The lowest BCUT2D eigenvalue weighted by Gasteiger charge is -1.96. The van der Waals surface area contributed by atoms with Gasteiger partial charge in [-0.05, 0) is 19.0 Å². The number of rotatable bonds is 3. The number of hydrogen-bond acceptors (Lipinski definition) is 4. The first-order valence-electron chi connectivity index (χ1n) is 3.88. The molecule has 0 bridgehead atoms. The Balaban J connectivity index is 2.73. The lowest BCUT2D eigenvalue weighted by atomic mass is 10.3. The molecule has 5 heteroatoms. The monoisotopic (exact) mass is 198 g/mol. The average molecular weight is 199 g/mol. The quantitative estimate of drug-likeness (QED) is 0.762. The number of nitrogens with zero attached hydrogens (tertiary/aromatic N) is 2. The molecule has 1 aromatic heterocycles. The summed E-state index contributed by atoms with van der Waals surface area (Å²) >= 11 is 5.67. The summed E-state index contributed by atoms with van der Waals surface area (Å²) in [4.78, 5) is 7.85. The van der Waals surface area contributed by atoms with Crippen LogP contribution in [0.5, 0.6) is 0 Å². The normalized spacial score (nSPS) is 10.9. The first-order chi connectivity index (χ1) is 6.24. The Bertz CT molecular complexity index is 311. The molecular weight excluding hydrogens is 188 g/mol. The maximum Gasteiger partial charge on any atom is 0.171 e. The van der Waals surface area contributed by atoms with Crippen molar-refractivity contribution in [3.05, 3.63) is 23.1 Å². The average Bonchev–Trinajstić information content (AvgIpc) is 2.12. The smallest absolute Gasteiger partial charge is 0.171 e. The molecule has 0 aromatic carbocycles. The molecule has 4 nitrogen and oxygen atoms in total. The molecule has 0 saturated carbocycles. The topological polar surface area (TPSA) is 77.8 Å². The van der Waals surface area contributed by atoms with E-state index in [0.29, 0.717) is 12.2 Å². The van der Waals surface area contributed by atoms with Crippen molar-refractivity contribution in [1.82, 2.24) is 9.97 Å². The van der Waals surface area contributed by atoms with E-state index in [-0.39, 0.29) is 11.0 Å². The predicted octanol–water partition coefficient (Wildman–Crippen LogP) is 1.07. The highest BCUT2D eigenvalue weighted by molar-refractivity contribution is 6.31. The van der Waals surface area contributed by atoms with Crippen LogP contribution >= 0.6 is 11.6 Å². The summed E-state index contributed by atoms with van der Waals surface area (Å²) in [6.07, 6.45) is 6.10. The van der Waals surface area contributed by atoms with Gasteiger partial charge in [-0.25, -0.2) is 9.97 Å². The van der Waals surface area contributed by atoms with Gasteiger partial charge >= 0.3 is 0 Å². The van der Waals surface area contributed by atoms with Gasteiger partial charge in [0.15, 0.2) is 11.0 Å². The molecular formula is C8H11ClN4. The van der Waals surface area contributed by atoms with E-state index in [1.807, 2.05) is 12.2 Å². The van der Waals surface area contributed by atoms with Crippen LogP contribution in [0, 0.1) is 0 Å². The summed E-state index contributed by atoms with van der Waals surface area (Å²) in [6, 6.07) is 0. The molecule has 0 fully saturated rings. The third-order valence-corrected chi connectivity index (χ3v) is 1.67. The molecule has 4 N–H and O–H groups in total. The van der Waals surface area contributed by atoms with E-state index < -0.39 is 0 Å². The van der Waals surface area contributed by atoms with Crippen molar-refractivity contribution < 1.29 is 0 Å². The summed E-state index contributed by atoms with van der Waals surface area (Å²) in [5.74, 6) is 0.248. The van der Waals surface area contributed by atoms with Crippen molar-refractivity contribution >= 4 is 23.5 Å². The Morgan fingerprint density at radius 1 is 1.54 bits per heavy atom. The second-order valence-electron chi connectivity index (χ2n) is 2.45. The molecule has 0 aliphatic carbocycles. The Labute approximate surface area is 81.6 Å². The van der Waals surface area contributed by atoms with E-state index in [1.165, 1.54) is 0 Å². The maximum absolute atomic E-state index is 5.67. The maximum atomic E-state index is 5.67. The standard InChI is InChI=1S/C8H11ClN4/c9-7-8(11)12-5-6(13-7)3-1-2-4-10/h1,3,5H,2,4,10H2,(H2,11,12). The van der Waals surface area contributed by atoms with Crippen molar-refractivity contribution in [2.45, 2.75) is 6.42 Å². The molecule has 0 unspecified atom stereocenters. The Morgan fingerprint density at radius 3 is 2.92 bits per heavy atom. The number of nitrogens with two attached hydrogens (primary N) is 2. The molecule has 13 heavy (non-hydrogen) atoms. The molecule has 1 aromatic rings. The van der Waals surface area contributed by atoms with E-state index in [0.717, 1.165) is 6.42 Å². The fourth-order valence-corrected chi connectivity index (χ4v) is 0.915. The van der Waals surface area contributed by atoms with Gasteiger partial charge in [0.25, 0.3) is 0 Å². The van der Waals surface area contributed by atoms with Gasteiger partial charge in [0, 0.05) is 0 Å². The number of aromatic nitrogens is 2. The van der Waals surface area contributed by atoms with E-state index in [1.54, 1.807) is 6.20 Å². The summed E-state index contributed by atoms with van der Waals surface area (Å²) in [6.45, 7) is 0.618. The van der Waals surface area contributed by atoms with Gasteiger partial charge in [-0.3, -0.25) is 0 Å². The highest BCUT2D eigenvalue weighted by Crippen LogP contribution is 2.12. The van der Waals surface area contributed by atoms with Gasteiger partial charge in [-0.15, -0.1) is 0 Å². The van der Waals surface area contributed by atoms with Crippen LogP contribution in [0.2, 0.25) is 5.15 Å². The lowest BCUT2D eigenvalue weighted by molar-refractivity contribution is 1.01. The highest BCUT2D eigenvalue weighted by atomic mass is 35.5. The van der Waals surface area contributed by atoms with Crippen LogP contribution < -0.4 is 11.5 Å². The van der Waals surface area contributed by atoms with Crippen LogP contribution in [0.15, 0.2) is 12.3 Å². The fourth-order valence-electron chi connectivity index (χ4n) is 0.769. The van der Waals surface area contributed by atoms with E-state index in [2.05, 4.69) is 9.97 Å². The molecule has 70 valence electrons. The van der Waals surface area contributed by atoms with Gasteiger partial charge in [-0.2, -0.15) is 0 Å². The molecule has 0 aliphatic rings. The molecule has 1 rings (SSSR count). The van der Waals surface area contributed by atoms with E-state index in [9.17, 15) is 0 Å². The first-order valence-corrected chi connectivity index (χ1v) is 4.26. The predicted molar refractivity (Wildman–Crippen MR) is 54.2 cm³/mol. The Kier molecular flexibility index (Phi) is 3.67. The molecule has 0 atom stereocenters. The van der Waals surface area contributed by atoms with Gasteiger partial charge in [0.2, 0.25) is 0 Å². The molecule has 0 spiro atoms. The zero-order valence-corrected chi connectivity index (χ0v) is 7.83. The number of hydrogen-bond donors (Lipinski definition) is 2. The van der Waals surface area contributed by atoms with Gasteiger partial charge in [0.1, 0.15) is 0 Å². The minimum Gasteiger partial charge on any atom is -0.381 e. The zero-order chi connectivity index (χ0) is 9.68. The van der Waals surface area contributed by atoms with Gasteiger partial charge < -0.3 is 11.5 Å². The Morgan fingerprint density at radius 2 is 2.31 bits per heavy atom. The SMILES string of the molecule is NCCC=Cc1cnc(N)c(Cl)n1. The van der Waals surface area contributed by atoms with E-state index in [4.69, 9.17) is 23.1 Å². The largest absolute Gasteiger partial charge is 0.381 e. The molecule has 0 amide bonds. The van der Waals surface area contributed by atoms with Crippen LogP contribution in [0.4, 0.5) is 5.82 Å². The van der Waals surface area contributed by atoms with Crippen LogP contribution in [0.25, 0.3) is 6.08 Å². The second-order valence-corrected chi connectivity index (χ2v) is 2.81. The number of nitrogen functional groups attached to an aromatic ring is 1. The van der Waals surface area contributed by atoms with Gasteiger partial charge in [0.05, 0.1) is 11.9 Å². The summed E-state index contributed by atoms with van der Waals surface area (Å²) in [5.41, 5.74) is 11.4. The van der Waals surface area contributed by atoms with Crippen molar-refractivity contribution in [1.29, 1.82) is 0 Å².